The molecule has 1 aliphatic carbocycles. The first-order valence-electron chi connectivity index (χ1n) is 9.41. The van der Waals surface area contributed by atoms with Gasteiger partial charge in [-0.2, -0.15) is 0 Å². The number of nitrogens with one attached hydrogen (secondary N) is 1. The van der Waals surface area contributed by atoms with Gasteiger partial charge >= 0.3 is 6.01 Å². The van der Waals surface area contributed by atoms with Gasteiger partial charge in [0.25, 0.3) is 0 Å². The van der Waals surface area contributed by atoms with Crippen molar-refractivity contribution in [1.29, 1.82) is 0 Å². The van der Waals surface area contributed by atoms with Gasteiger partial charge in [-0.3, -0.25) is 4.79 Å². The molecule has 2 heterocycles. The van der Waals surface area contributed by atoms with Gasteiger partial charge in [0.05, 0.1) is 17.4 Å². The molecule has 8 heteroatoms. The van der Waals surface area contributed by atoms with Crippen LogP contribution in [-0.4, -0.2) is 39.0 Å². The number of amides is 1. The maximum absolute atomic E-state index is 12.1. The maximum atomic E-state index is 12.1. The Morgan fingerprint density at radius 3 is 2.65 bits per heavy atom. The normalized spacial score (nSPS) is 25.8. The Morgan fingerprint density at radius 1 is 1.19 bits per heavy atom. The number of carbonyl (C=O) groups excluding carboxylic acids is 1. The Labute approximate surface area is 168 Å². The quantitative estimate of drug-likeness (QED) is 0.492. The van der Waals surface area contributed by atoms with E-state index in [1.807, 2.05) is 21.6 Å². The lowest BCUT2D eigenvalue weighted by Crippen LogP contribution is -2.39. The van der Waals surface area contributed by atoms with E-state index >= 15 is 0 Å². The van der Waals surface area contributed by atoms with Crippen LogP contribution in [-0.2, 0) is 4.79 Å². The largest absolute Gasteiger partial charge is 0.460 e. The summed E-state index contributed by atoms with van der Waals surface area (Å²) >= 11 is 5.78. The molecule has 26 heavy (non-hydrogen) atoms. The average Bonchev–Trinajstić information content (AvgIpc) is 3.16. The topological polar surface area (TPSA) is 64.1 Å². The Bertz CT molecular complexity index is 562. The summed E-state index contributed by atoms with van der Waals surface area (Å²) in [5.41, 5.74) is 0. The highest BCUT2D eigenvalue weighted by molar-refractivity contribution is 8.77. The predicted molar refractivity (Wildman–Crippen MR) is 109 cm³/mol. The minimum atomic E-state index is 0.117. The van der Waals surface area contributed by atoms with E-state index in [1.54, 1.807) is 12.4 Å². The summed E-state index contributed by atoms with van der Waals surface area (Å²) in [5, 5.41) is 4.50. The fourth-order valence-electron chi connectivity index (χ4n) is 3.36. The van der Waals surface area contributed by atoms with Crippen molar-refractivity contribution in [1.82, 2.24) is 15.3 Å². The highest BCUT2D eigenvalue weighted by atomic mass is 35.5. The second kappa shape index (κ2) is 10.6. The standard InChI is InChI=1S/C18H26ClN3O2S2/c19-13-11-20-18(21-12-13)24-15-7-5-14(6-8-15)22-17(23)4-2-1-3-16-9-10-25-26-16/h11-12,14-16H,1-10H2,(H,22,23). The van der Waals surface area contributed by atoms with Crippen LogP contribution in [0.3, 0.4) is 0 Å². The number of unbranched alkanes of at least 4 members (excludes halogenated alkanes) is 1. The molecule has 1 aliphatic heterocycles. The van der Waals surface area contributed by atoms with Crippen LogP contribution in [0.4, 0.5) is 0 Å². The summed E-state index contributed by atoms with van der Waals surface area (Å²) in [5.74, 6) is 1.48. The smallest absolute Gasteiger partial charge is 0.316 e. The van der Waals surface area contributed by atoms with Crippen molar-refractivity contribution in [3.05, 3.63) is 17.4 Å². The van der Waals surface area contributed by atoms with Crippen LogP contribution < -0.4 is 10.1 Å². The molecule has 0 spiro atoms. The fraction of sp³-hybridized carbons (Fsp3) is 0.722. The lowest BCUT2D eigenvalue weighted by molar-refractivity contribution is -0.122. The van der Waals surface area contributed by atoms with Crippen LogP contribution in [0.25, 0.3) is 0 Å². The molecule has 1 atom stereocenters. The molecule has 1 N–H and O–H groups in total. The Morgan fingerprint density at radius 2 is 1.96 bits per heavy atom. The van der Waals surface area contributed by atoms with Crippen molar-refractivity contribution in [3.8, 4) is 6.01 Å². The van der Waals surface area contributed by atoms with Gasteiger partial charge in [-0.05, 0) is 44.9 Å². The van der Waals surface area contributed by atoms with E-state index in [0.29, 0.717) is 17.5 Å². The van der Waals surface area contributed by atoms with Gasteiger partial charge in [0.1, 0.15) is 6.10 Å². The van der Waals surface area contributed by atoms with Gasteiger partial charge in [0.15, 0.2) is 0 Å². The minimum absolute atomic E-state index is 0.117. The molecule has 2 fully saturated rings. The van der Waals surface area contributed by atoms with Crippen molar-refractivity contribution in [3.63, 3.8) is 0 Å². The monoisotopic (exact) mass is 415 g/mol. The number of rotatable bonds is 8. The molecule has 3 rings (SSSR count). The molecule has 1 aromatic heterocycles. The van der Waals surface area contributed by atoms with Gasteiger partial charge in [-0.25, -0.2) is 9.97 Å². The van der Waals surface area contributed by atoms with Gasteiger partial charge in [-0.1, -0.05) is 39.6 Å². The van der Waals surface area contributed by atoms with E-state index in [0.717, 1.165) is 43.8 Å². The zero-order valence-electron chi connectivity index (χ0n) is 14.9. The van der Waals surface area contributed by atoms with Crippen molar-refractivity contribution < 1.29 is 9.53 Å². The van der Waals surface area contributed by atoms with Crippen molar-refractivity contribution in [2.24, 2.45) is 0 Å². The first-order chi connectivity index (χ1) is 12.7. The zero-order valence-corrected chi connectivity index (χ0v) is 17.3. The number of aromatic nitrogens is 2. The second-order valence-electron chi connectivity index (χ2n) is 6.92. The lowest BCUT2D eigenvalue weighted by atomic mass is 9.93. The van der Waals surface area contributed by atoms with Gasteiger partial charge in [-0.15, -0.1) is 0 Å². The molecule has 1 saturated heterocycles. The van der Waals surface area contributed by atoms with Gasteiger partial charge in [0, 0.05) is 23.5 Å². The van der Waals surface area contributed by atoms with Crippen molar-refractivity contribution >= 4 is 39.1 Å². The third kappa shape index (κ3) is 6.82. The fourth-order valence-corrected chi connectivity index (χ4v) is 6.48. The molecule has 0 radical (unpaired) electrons. The van der Waals surface area contributed by atoms with Crippen molar-refractivity contribution in [2.45, 2.75) is 75.2 Å². The van der Waals surface area contributed by atoms with E-state index in [9.17, 15) is 4.79 Å². The molecule has 0 aromatic carbocycles. The highest BCUT2D eigenvalue weighted by Crippen LogP contribution is 2.39. The second-order valence-corrected chi connectivity index (χ2v) is 10.1. The van der Waals surface area contributed by atoms with Crippen LogP contribution in [0.15, 0.2) is 12.4 Å². The maximum Gasteiger partial charge on any atom is 0.316 e. The SMILES string of the molecule is O=C(CCCCC1CCSS1)NC1CCC(Oc2ncc(Cl)cn2)CC1. The molecule has 1 aromatic rings. The summed E-state index contributed by atoms with van der Waals surface area (Å²) < 4.78 is 5.79. The molecule has 144 valence electrons. The molecule has 2 aliphatic rings. The summed E-state index contributed by atoms with van der Waals surface area (Å²) in [4.78, 5) is 20.3. The summed E-state index contributed by atoms with van der Waals surface area (Å²) in [7, 11) is 4.00. The number of halogens is 1. The van der Waals surface area contributed by atoms with Crippen molar-refractivity contribution in [2.75, 3.05) is 5.75 Å². The molecule has 1 saturated carbocycles. The van der Waals surface area contributed by atoms with E-state index in [-0.39, 0.29) is 18.1 Å². The van der Waals surface area contributed by atoms with Crippen LogP contribution in [0, 0.1) is 0 Å². The zero-order chi connectivity index (χ0) is 18.2. The number of hydrogen-bond donors (Lipinski definition) is 1. The summed E-state index contributed by atoms with van der Waals surface area (Å²) in [6, 6.07) is 0.649. The molecular formula is C18H26ClN3O2S2. The Balaban J connectivity index is 1.27. The van der Waals surface area contributed by atoms with Crippen LogP contribution in [0.2, 0.25) is 5.02 Å². The summed E-state index contributed by atoms with van der Waals surface area (Å²) in [6.45, 7) is 0. The van der Waals surface area contributed by atoms with Gasteiger partial charge in [0.2, 0.25) is 5.91 Å². The Hall–Kier alpha value is -0.660. The lowest BCUT2D eigenvalue weighted by Gasteiger charge is -2.28. The third-order valence-corrected chi connectivity index (χ3v) is 8.02. The predicted octanol–water partition coefficient (Wildman–Crippen LogP) is 4.65. The van der Waals surface area contributed by atoms with E-state index in [2.05, 4.69) is 15.3 Å². The van der Waals surface area contributed by atoms with Crippen LogP contribution >= 0.6 is 33.2 Å². The average molecular weight is 416 g/mol. The minimum Gasteiger partial charge on any atom is -0.460 e. The molecule has 0 bridgehead atoms. The van der Waals surface area contributed by atoms with Crippen LogP contribution in [0.1, 0.15) is 57.8 Å². The molecular weight excluding hydrogens is 390 g/mol. The van der Waals surface area contributed by atoms with E-state index < -0.39 is 0 Å². The van der Waals surface area contributed by atoms with E-state index in [4.69, 9.17) is 16.3 Å². The van der Waals surface area contributed by atoms with E-state index in [1.165, 1.54) is 18.6 Å². The highest BCUT2D eigenvalue weighted by Gasteiger charge is 2.24. The number of nitrogens with zero attached hydrogens (tertiary/aromatic N) is 2. The molecule has 1 unspecified atom stereocenters. The Kier molecular flexibility index (Phi) is 8.20. The van der Waals surface area contributed by atoms with Gasteiger partial charge < -0.3 is 10.1 Å². The molecule has 5 nitrogen and oxygen atoms in total. The first-order valence-corrected chi connectivity index (χ1v) is 12.2. The number of ether oxygens (including phenoxy) is 1. The third-order valence-electron chi connectivity index (χ3n) is 4.82. The number of hydrogen-bond acceptors (Lipinski definition) is 6. The first kappa shape index (κ1) is 20.1. The van der Waals surface area contributed by atoms with Crippen LogP contribution in [0.5, 0.6) is 6.01 Å². The molecule has 1 amide bonds. The summed E-state index contributed by atoms with van der Waals surface area (Å²) in [6.07, 6.45) is 12.3. The number of carbonyl (C=O) groups is 1.